The van der Waals surface area contributed by atoms with Gasteiger partial charge < -0.3 is 11.5 Å². The van der Waals surface area contributed by atoms with E-state index in [1.54, 1.807) is 0 Å². The zero-order chi connectivity index (χ0) is 14.5. The number of amidine groups is 2. The molecule has 6 heteroatoms. The summed E-state index contributed by atoms with van der Waals surface area (Å²) < 4.78 is 25.5. The monoisotopic (exact) mass is 274 g/mol. The van der Waals surface area contributed by atoms with Gasteiger partial charge in [0.2, 0.25) is 0 Å². The summed E-state index contributed by atoms with van der Waals surface area (Å²) in [6.45, 7) is 0. The first kappa shape index (κ1) is 13.7. The predicted octanol–water partition coefficient (Wildman–Crippen LogP) is 1.99. The molecule has 0 atom stereocenters. The highest BCUT2D eigenvalue weighted by molar-refractivity contribution is 6.00. The third-order valence-corrected chi connectivity index (χ3v) is 2.55. The number of hydrogen-bond donors (Lipinski definition) is 2. The first-order valence-electron chi connectivity index (χ1n) is 5.75. The fourth-order valence-corrected chi connectivity index (χ4v) is 1.46. The van der Waals surface area contributed by atoms with Gasteiger partial charge in [-0.1, -0.05) is 0 Å². The summed E-state index contributed by atoms with van der Waals surface area (Å²) in [4.78, 5) is 0. The van der Waals surface area contributed by atoms with Crippen LogP contribution in [-0.4, -0.2) is 11.7 Å². The number of benzene rings is 2. The summed E-state index contributed by atoms with van der Waals surface area (Å²) in [6.07, 6.45) is 0. The molecule has 0 aromatic heterocycles. The van der Waals surface area contributed by atoms with Crippen LogP contribution in [-0.2, 0) is 0 Å². The maximum atomic E-state index is 12.8. The van der Waals surface area contributed by atoms with Gasteiger partial charge in [0.1, 0.15) is 11.6 Å². The van der Waals surface area contributed by atoms with E-state index in [2.05, 4.69) is 10.2 Å². The normalized spacial score (nSPS) is 12.5. The van der Waals surface area contributed by atoms with Crippen LogP contribution >= 0.6 is 0 Å². The average Bonchev–Trinajstić information content (AvgIpc) is 2.46. The van der Waals surface area contributed by atoms with Gasteiger partial charge in [-0.2, -0.15) is 0 Å². The zero-order valence-electron chi connectivity index (χ0n) is 10.4. The van der Waals surface area contributed by atoms with Gasteiger partial charge >= 0.3 is 0 Å². The fraction of sp³-hybridized carbons (Fsp3) is 0. The van der Waals surface area contributed by atoms with Crippen LogP contribution < -0.4 is 11.5 Å². The van der Waals surface area contributed by atoms with Crippen molar-refractivity contribution in [3.8, 4) is 0 Å². The van der Waals surface area contributed by atoms with Crippen molar-refractivity contribution in [2.45, 2.75) is 0 Å². The molecule has 0 saturated carbocycles. The van der Waals surface area contributed by atoms with Crippen LogP contribution in [0.15, 0.2) is 58.7 Å². The molecule has 20 heavy (non-hydrogen) atoms. The van der Waals surface area contributed by atoms with E-state index in [1.807, 2.05) is 0 Å². The Kier molecular flexibility index (Phi) is 4.05. The molecule has 0 bridgehead atoms. The molecule has 4 nitrogen and oxygen atoms in total. The van der Waals surface area contributed by atoms with Crippen molar-refractivity contribution in [1.29, 1.82) is 0 Å². The van der Waals surface area contributed by atoms with E-state index in [0.29, 0.717) is 11.1 Å². The lowest BCUT2D eigenvalue weighted by Crippen LogP contribution is -2.16. The highest BCUT2D eigenvalue weighted by Crippen LogP contribution is 2.04. The average molecular weight is 274 g/mol. The molecule has 2 rings (SSSR count). The van der Waals surface area contributed by atoms with E-state index in [0.717, 1.165) is 0 Å². The van der Waals surface area contributed by atoms with E-state index in [1.165, 1.54) is 48.5 Å². The summed E-state index contributed by atoms with van der Waals surface area (Å²) in [7, 11) is 0. The summed E-state index contributed by atoms with van der Waals surface area (Å²) in [5.74, 6) is -0.517. The highest BCUT2D eigenvalue weighted by atomic mass is 19.1. The Morgan fingerprint density at radius 1 is 0.650 bits per heavy atom. The largest absolute Gasteiger partial charge is 0.382 e. The summed E-state index contributed by atoms with van der Waals surface area (Å²) in [5.41, 5.74) is 12.5. The molecular formula is C14H12F2N4. The van der Waals surface area contributed by atoms with Gasteiger partial charge in [0.25, 0.3) is 0 Å². The van der Waals surface area contributed by atoms with Crippen molar-refractivity contribution in [1.82, 2.24) is 0 Å². The molecule has 0 aliphatic heterocycles. The molecule has 4 N–H and O–H groups in total. The molecule has 0 heterocycles. The Morgan fingerprint density at radius 2 is 0.950 bits per heavy atom. The van der Waals surface area contributed by atoms with Crippen molar-refractivity contribution >= 4 is 11.7 Å². The summed E-state index contributed by atoms with van der Waals surface area (Å²) in [6, 6.07) is 11.0. The van der Waals surface area contributed by atoms with E-state index in [-0.39, 0.29) is 23.3 Å². The maximum absolute atomic E-state index is 12.8. The van der Waals surface area contributed by atoms with Gasteiger partial charge in [-0.25, -0.2) is 8.78 Å². The van der Waals surface area contributed by atoms with Crippen molar-refractivity contribution in [3.63, 3.8) is 0 Å². The smallest absolute Gasteiger partial charge is 0.153 e. The lowest BCUT2D eigenvalue weighted by atomic mass is 10.2. The molecule has 0 unspecified atom stereocenters. The molecule has 0 fully saturated rings. The van der Waals surface area contributed by atoms with E-state index in [4.69, 9.17) is 11.5 Å². The Labute approximate surface area is 114 Å². The Morgan fingerprint density at radius 3 is 1.25 bits per heavy atom. The minimum absolute atomic E-state index is 0.107. The molecule has 0 spiro atoms. The second kappa shape index (κ2) is 5.92. The summed E-state index contributed by atoms with van der Waals surface area (Å²) >= 11 is 0. The Balaban J connectivity index is 2.19. The lowest BCUT2D eigenvalue weighted by Gasteiger charge is -2.00. The van der Waals surface area contributed by atoms with Gasteiger partial charge in [-0.3, -0.25) is 0 Å². The SMILES string of the molecule is N/C(=N\N=C(/N)c1ccc(F)cc1)c1ccc(F)cc1. The minimum Gasteiger partial charge on any atom is -0.382 e. The third-order valence-electron chi connectivity index (χ3n) is 2.55. The van der Waals surface area contributed by atoms with Crippen LogP contribution in [0.5, 0.6) is 0 Å². The molecule has 0 aliphatic rings. The van der Waals surface area contributed by atoms with Crippen LogP contribution in [0.3, 0.4) is 0 Å². The first-order valence-corrected chi connectivity index (χ1v) is 5.75. The molecule has 2 aromatic carbocycles. The Bertz CT molecular complexity index is 586. The van der Waals surface area contributed by atoms with Gasteiger partial charge in [0.05, 0.1) is 0 Å². The highest BCUT2D eigenvalue weighted by Gasteiger charge is 2.00. The maximum Gasteiger partial charge on any atom is 0.153 e. The van der Waals surface area contributed by atoms with Gasteiger partial charge in [0, 0.05) is 11.1 Å². The fourth-order valence-electron chi connectivity index (χ4n) is 1.46. The molecule has 102 valence electrons. The second-order valence-corrected chi connectivity index (χ2v) is 3.98. The van der Waals surface area contributed by atoms with Crippen molar-refractivity contribution < 1.29 is 8.78 Å². The molecule has 0 radical (unpaired) electrons. The Hall–Kier alpha value is -2.76. The van der Waals surface area contributed by atoms with Crippen molar-refractivity contribution in [2.24, 2.45) is 21.7 Å². The topological polar surface area (TPSA) is 76.8 Å². The van der Waals surface area contributed by atoms with Crippen molar-refractivity contribution in [2.75, 3.05) is 0 Å². The third kappa shape index (κ3) is 3.38. The second-order valence-electron chi connectivity index (χ2n) is 3.98. The number of nitrogens with zero attached hydrogens (tertiary/aromatic N) is 2. The number of hydrogen-bond acceptors (Lipinski definition) is 2. The molecule has 2 aromatic rings. The zero-order valence-corrected chi connectivity index (χ0v) is 10.4. The van der Waals surface area contributed by atoms with Crippen LogP contribution in [0.4, 0.5) is 8.78 Å². The lowest BCUT2D eigenvalue weighted by molar-refractivity contribution is 0.627. The molecule has 0 amide bonds. The van der Waals surface area contributed by atoms with Crippen LogP contribution in [0.25, 0.3) is 0 Å². The van der Waals surface area contributed by atoms with Crippen LogP contribution in [0.2, 0.25) is 0 Å². The number of halogens is 2. The molecule has 0 aliphatic carbocycles. The molecule has 0 saturated heterocycles. The molecular weight excluding hydrogens is 262 g/mol. The van der Waals surface area contributed by atoms with E-state index < -0.39 is 0 Å². The van der Waals surface area contributed by atoms with Gasteiger partial charge in [-0.15, -0.1) is 10.2 Å². The van der Waals surface area contributed by atoms with Gasteiger partial charge in [0.15, 0.2) is 11.7 Å². The quantitative estimate of drug-likeness (QED) is 0.510. The predicted molar refractivity (Wildman–Crippen MR) is 74.2 cm³/mol. The number of rotatable bonds is 3. The van der Waals surface area contributed by atoms with Gasteiger partial charge in [-0.05, 0) is 48.5 Å². The standard InChI is InChI=1S/C14H12F2N4/c15-11-5-1-9(2-6-11)13(17)19-20-14(18)10-3-7-12(16)8-4-10/h1-8H,(H2,17,19)(H2,18,20). The van der Waals surface area contributed by atoms with Crippen LogP contribution in [0.1, 0.15) is 11.1 Å². The van der Waals surface area contributed by atoms with Crippen LogP contribution in [0, 0.1) is 11.6 Å². The first-order chi connectivity index (χ1) is 9.56. The van der Waals surface area contributed by atoms with E-state index in [9.17, 15) is 8.78 Å². The summed E-state index contributed by atoms with van der Waals surface area (Å²) in [5, 5.41) is 7.53. The number of nitrogens with two attached hydrogens (primary N) is 2. The van der Waals surface area contributed by atoms with E-state index >= 15 is 0 Å². The minimum atomic E-state index is -0.365. The van der Waals surface area contributed by atoms with Crippen molar-refractivity contribution in [3.05, 3.63) is 71.3 Å².